The number of nitrogens with one attached hydrogen (secondary N) is 1. The van der Waals surface area contributed by atoms with Gasteiger partial charge >= 0.3 is 0 Å². The number of hydrogen-bond acceptors (Lipinski definition) is 7. The van der Waals surface area contributed by atoms with Crippen molar-refractivity contribution >= 4 is 17.8 Å². The number of aromatic nitrogens is 3. The Morgan fingerprint density at radius 3 is 2.82 bits per heavy atom. The van der Waals surface area contributed by atoms with E-state index in [-0.39, 0.29) is 5.95 Å². The van der Waals surface area contributed by atoms with Gasteiger partial charge in [0.1, 0.15) is 0 Å². The van der Waals surface area contributed by atoms with Gasteiger partial charge in [-0.15, -0.1) is 0 Å². The Labute approximate surface area is 100 Å². The quantitative estimate of drug-likeness (QED) is 0.748. The van der Waals surface area contributed by atoms with Crippen molar-refractivity contribution in [3.05, 3.63) is 0 Å². The summed E-state index contributed by atoms with van der Waals surface area (Å²) in [6, 6.07) is 0. The molecule has 94 valence electrons. The summed E-state index contributed by atoms with van der Waals surface area (Å²) in [7, 11) is 1.60. The van der Waals surface area contributed by atoms with Crippen LogP contribution in [0.5, 0.6) is 0 Å². The molecule has 0 atom stereocenters. The maximum atomic E-state index is 5.65. The second-order valence-electron chi connectivity index (χ2n) is 3.94. The number of fused-ring (bicyclic) bond motifs is 2. The van der Waals surface area contributed by atoms with Crippen LogP contribution in [0.1, 0.15) is 25.7 Å². The third-order valence-corrected chi connectivity index (χ3v) is 2.66. The Hall–Kier alpha value is -1.63. The van der Waals surface area contributed by atoms with Crippen LogP contribution >= 0.6 is 0 Å². The summed E-state index contributed by atoms with van der Waals surface area (Å²) in [4.78, 5) is 17.6. The Kier molecular flexibility index (Phi) is 3.92. The standard InChI is InChI=1S/C10H18N6O/c1-17-16-7-5-3-2-4-6-12-9-13-8(11)14-10(16)15-9/h2-7H2,1H3,(H3,11,12,13,14,15). The first-order valence-corrected chi connectivity index (χ1v) is 5.86. The summed E-state index contributed by atoms with van der Waals surface area (Å²) in [5, 5.41) is 4.79. The van der Waals surface area contributed by atoms with Gasteiger partial charge in [-0.1, -0.05) is 12.8 Å². The van der Waals surface area contributed by atoms with Crippen molar-refractivity contribution in [2.24, 2.45) is 0 Å². The van der Waals surface area contributed by atoms with Crippen molar-refractivity contribution in [2.75, 3.05) is 36.3 Å². The zero-order chi connectivity index (χ0) is 12.1. The molecule has 0 saturated heterocycles. The SMILES string of the molecule is CON1CCCCCCNc2nc(N)nc1n2. The molecule has 7 nitrogen and oxygen atoms in total. The minimum Gasteiger partial charge on any atom is -0.368 e. The van der Waals surface area contributed by atoms with Crippen molar-refractivity contribution < 1.29 is 4.84 Å². The second-order valence-corrected chi connectivity index (χ2v) is 3.94. The predicted octanol–water partition coefficient (Wildman–Crippen LogP) is 0.807. The van der Waals surface area contributed by atoms with Gasteiger partial charge in [0, 0.05) is 13.1 Å². The average molecular weight is 238 g/mol. The van der Waals surface area contributed by atoms with E-state index in [0.717, 1.165) is 25.9 Å². The monoisotopic (exact) mass is 238 g/mol. The molecular formula is C10H18N6O. The summed E-state index contributed by atoms with van der Waals surface area (Å²) in [6.45, 7) is 1.62. The molecule has 3 N–H and O–H groups in total. The van der Waals surface area contributed by atoms with Crippen molar-refractivity contribution in [1.29, 1.82) is 0 Å². The first kappa shape index (κ1) is 11.8. The maximum Gasteiger partial charge on any atom is 0.256 e. The van der Waals surface area contributed by atoms with Crippen LogP contribution in [-0.2, 0) is 4.84 Å². The molecule has 2 bridgehead atoms. The average Bonchev–Trinajstić information content (AvgIpc) is 2.34. The molecule has 0 spiro atoms. The molecule has 1 aromatic rings. The van der Waals surface area contributed by atoms with Crippen molar-refractivity contribution in [2.45, 2.75) is 25.7 Å². The topological polar surface area (TPSA) is 89.2 Å². The van der Waals surface area contributed by atoms with Crippen LogP contribution in [0.4, 0.5) is 17.8 Å². The molecule has 0 saturated carbocycles. The zero-order valence-corrected chi connectivity index (χ0v) is 10.0. The normalized spacial score (nSPS) is 17.1. The molecular weight excluding hydrogens is 220 g/mol. The highest BCUT2D eigenvalue weighted by Crippen LogP contribution is 2.15. The number of hydroxylamine groups is 1. The van der Waals surface area contributed by atoms with Crippen molar-refractivity contribution in [1.82, 2.24) is 15.0 Å². The largest absolute Gasteiger partial charge is 0.368 e. The van der Waals surface area contributed by atoms with E-state index in [1.54, 1.807) is 12.2 Å². The van der Waals surface area contributed by atoms with E-state index < -0.39 is 0 Å². The number of anilines is 3. The molecule has 17 heavy (non-hydrogen) atoms. The van der Waals surface area contributed by atoms with E-state index in [0.29, 0.717) is 11.9 Å². The number of nitrogen functional groups attached to an aromatic ring is 1. The molecule has 1 aliphatic rings. The van der Waals surface area contributed by atoms with Gasteiger partial charge in [-0.3, -0.25) is 4.84 Å². The van der Waals surface area contributed by atoms with Crippen LogP contribution in [0.3, 0.4) is 0 Å². The lowest BCUT2D eigenvalue weighted by molar-refractivity contribution is 0.160. The van der Waals surface area contributed by atoms with E-state index >= 15 is 0 Å². The van der Waals surface area contributed by atoms with E-state index in [9.17, 15) is 0 Å². The molecule has 0 fully saturated rings. The van der Waals surface area contributed by atoms with Crippen LogP contribution < -0.4 is 16.1 Å². The molecule has 0 aliphatic carbocycles. The van der Waals surface area contributed by atoms with E-state index in [1.807, 2.05) is 0 Å². The van der Waals surface area contributed by atoms with Crippen LogP contribution in [0.15, 0.2) is 0 Å². The first-order chi connectivity index (χ1) is 8.29. The number of rotatable bonds is 1. The summed E-state index contributed by atoms with van der Waals surface area (Å²) in [5.74, 6) is 1.18. The Bertz CT molecular complexity index is 372. The van der Waals surface area contributed by atoms with Gasteiger partial charge in [0.05, 0.1) is 7.11 Å². The predicted molar refractivity (Wildman–Crippen MR) is 65.6 cm³/mol. The smallest absolute Gasteiger partial charge is 0.256 e. The first-order valence-electron chi connectivity index (χ1n) is 5.86. The van der Waals surface area contributed by atoms with Crippen LogP contribution in [0.25, 0.3) is 0 Å². The van der Waals surface area contributed by atoms with E-state index in [4.69, 9.17) is 10.6 Å². The molecule has 0 amide bonds. The van der Waals surface area contributed by atoms with Crippen LogP contribution in [-0.4, -0.2) is 35.2 Å². The van der Waals surface area contributed by atoms with Gasteiger partial charge in [-0.25, -0.2) is 5.06 Å². The molecule has 0 unspecified atom stereocenters. The molecule has 0 aromatic carbocycles. The Balaban J connectivity index is 2.25. The van der Waals surface area contributed by atoms with Gasteiger partial charge < -0.3 is 11.1 Å². The van der Waals surface area contributed by atoms with Gasteiger partial charge in [-0.05, 0) is 12.8 Å². The zero-order valence-electron chi connectivity index (χ0n) is 10.0. The molecule has 0 radical (unpaired) electrons. The number of nitrogens with zero attached hydrogens (tertiary/aromatic N) is 4. The Morgan fingerprint density at radius 1 is 1.18 bits per heavy atom. The second kappa shape index (κ2) is 5.62. The molecule has 1 aromatic heterocycles. The van der Waals surface area contributed by atoms with Crippen molar-refractivity contribution in [3.63, 3.8) is 0 Å². The minimum atomic E-state index is 0.207. The lowest BCUT2D eigenvalue weighted by Crippen LogP contribution is -2.26. The highest BCUT2D eigenvalue weighted by atomic mass is 16.7. The third kappa shape index (κ3) is 3.16. The van der Waals surface area contributed by atoms with Gasteiger partial charge in [0.2, 0.25) is 11.9 Å². The molecule has 2 rings (SSSR count). The van der Waals surface area contributed by atoms with Crippen molar-refractivity contribution in [3.8, 4) is 0 Å². The number of hydrogen-bond donors (Lipinski definition) is 2. The maximum absolute atomic E-state index is 5.65. The fraction of sp³-hybridized carbons (Fsp3) is 0.700. The molecule has 1 aliphatic heterocycles. The molecule has 7 heteroatoms. The van der Waals surface area contributed by atoms with E-state index in [2.05, 4.69) is 20.3 Å². The fourth-order valence-electron chi connectivity index (χ4n) is 1.78. The summed E-state index contributed by atoms with van der Waals surface area (Å²) in [5.41, 5.74) is 5.65. The third-order valence-electron chi connectivity index (χ3n) is 2.66. The number of nitrogens with two attached hydrogens (primary N) is 1. The lowest BCUT2D eigenvalue weighted by atomic mass is 10.2. The molecule has 2 heterocycles. The highest BCUT2D eigenvalue weighted by Gasteiger charge is 2.13. The van der Waals surface area contributed by atoms with Crippen LogP contribution in [0, 0.1) is 0 Å². The highest BCUT2D eigenvalue weighted by molar-refractivity contribution is 5.40. The lowest BCUT2D eigenvalue weighted by Gasteiger charge is -2.19. The van der Waals surface area contributed by atoms with Gasteiger partial charge in [0.25, 0.3) is 5.95 Å². The summed E-state index contributed by atoms with van der Waals surface area (Å²) in [6.07, 6.45) is 4.51. The Morgan fingerprint density at radius 2 is 2.00 bits per heavy atom. The fourth-order valence-corrected chi connectivity index (χ4v) is 1.78. The summed E-state index contributed by atoms with van der Waals surface area (Å²) < 4.78 is 0. The van der Waals surface area contributed by atoms with Crippen LogP contribution in [0.2, 0.25) is 0 Å². The van der Waals surface area contributed by atoms with Gasteiger partial charge in [-0.2, -0.15) is 15.0 Å². The van der Waals surface area contributed by atoms with Gasteiger partial charge in [0.15, 0.2) is 0 Å². The summed E-state index contributed by atoms with van der Waals surface area (Å²) >= 11 is 0. The minimum absolute atomic E-state index is 0.207. The van der Waals surface area contributed by atoms with E-state index in [1.165, 1.54) is 12.8 Å².